The van der Waals surface area contributed by atoms with Crippen LogP contribution in [0.2, 0.25) is 0 Å². The number of hydrogen-bond donors (Lipinski definition) is 0. The molecular weight excluding hydrogens is 323 g/mol. The van der Waals surface area contributed by atoms with Gasteiger partial charge in [0.25, 0.3) is 0 Å². The summed E-state index contributed by atoms with van der Waals surface area (Å²) in [7, 11) is -4.33. The van der Waals surface area contributed by atoms with E-state index >= 15 is 0 Å². The first kappa shape index (κ1) is 15.2. The van der Waals surface area contributed by atoms with Crippen LogP contribution in [-0.2, 0) is 10.1 Å². The van der Waals surface area contributed by atoms with Gasteiger partial charge in [0.1, 0.15) is 22.0 Å². The Morgan fingerprint density at radius 2 is 1.83 bits per heavy atom. The molecule has 1 aromatic heterocycles. The Bertz CT molecular complexity index is 1050. The number of fused-ring (bicyclic) bond motifs is 1. The number of hydrogen-bond acceptors (Lipinski definition) is 5. The molecule has 0 saturated heterocycles. The van der Waals surface area contributed by atoms with E-state index < -0.39 is 26.5 Å². The zero-order valence-electron chi connectivity index (χ0n) is 11.9. The summed E-state index contributed by atoms with van der Waals surface area (Å²) >= 11 is 0. The molecule has 0 bridgehead atoms. The van der Waals surface area contributed by atoms with E-state index in [1.54, 1.807) is 13.0 Å². The number of aryl methyl sites for hydroxylation is 1. The van der Waals surface area contributed by atoms with Gasteiger partial charge in [0, 0.05) is 17.5 Å². The number of rotatable bonds is 3. The summed E-state index contributed by atoms with van der Waals surface area (Å²) in [4.78, 5) is 10.8. The topological polar surface area (TPSA) is 73.6 Å². The lowest BCUT2D eigenvalue weighted by atomic mass is 10.1. The minimum atomic E-state index is -4.33. The fourth-order valence-corrected chi connectivity index (χ4v) is 3.18. The second-order valence-electron chi connectivity index (χ2n) is 4.87. The van der Waals surface area contributed by atoms with Crippen molar-refractivity contribution in [1.82, 2.24) is 0 Å². The van der Waals surface area contributed by atoms with E-state index in [1.807, 2.05) is 0 Å². The van der Waals surface area contributed by atoms with Gasteiger partial charge in [0.15, 0.2) is 0 Å². The van der Waals surface area contributed by atoms with Crippen LogP contribution < -0.4 is 9.81 Å². The number of halogens is 1. The van der Waals surface area contributed by atoms with Crippen LogP contribution in [0.15, 0.2) is 62.6 Å². The molecule has 2 aromatic carbocycles. The van der Waals surface area contributed by atoms with E-state index in [1.165, 1.54) is 30.3 Å². The highest BCUT2D eigenvalue weighted by Crippen LogP contribution is 2.25. The average molecular weight is 334 g/mol. The van der Waals surface area contributed by atoms with E-state index in [9.17, 15) is 17.6 Å². The first-order valence-corrected chi connectivity index (χ1v) is 8.01. The van der Waals surface area contributed by atoms with Crippen LogP contribution in [0.25, 0.3) is 11.0 Å². The van der Waals surface area contributed by atoms with E-state index in [4.69, 9.17) is 8.60 Å². The van der Waals surface area contributed by atoms with Crippen molar-refractivity contribution in [3.8, 4) is 5.75 Å². The van der Waals surface area contributed by atoms with Crippen LogP contribution >= 0.6 is 0 Å². The summed E-state index contributed by atoms with van der Waals surface area (Å²) in [5.74, 6) is -0.981. The Hall–Kier alpha value is -2.67. The maximum atomic E-state index is 13.6. The van der Waals surface area contributed by atoms with Crippen molar-refractivity contribution in [2.75, 3.05) is 0 Å². The molecule has 0 radical (unpaired) electrons. The maximum absolute atomic E-state index is 13.6. The number of benzene rings is 2. The lowest BCUT2D eigenvalue weighted by molar-refractivity contribution is 0.475. The van der Waals surface area contributed by atoms with E-state index in [0.29, 0.717) is 10.9 Å². The average Bonchev–Trinajstić information content (AvgIpc) is 2.46. The lowest BCUT2D eigenvalue weighted by Gasteiger charge is -2.08. The van der Waals surface area contributed by atoms with E-state index in [0.717, 1.165) is 12.1 Å². The van der Waals surface area contributed by atoms with Gasteiger partial charge in [-0.15, -0.1) is 0 Å². The minimum absolute atomic E-state index is 0.0745. The van der Waals surface area contributed by atoms with Crippen molar-refractivity contribution in [2.24, 2.45) is 0 Å². The second kappa shape index (κ2) is 5.51. The third-order valence-electron chi connectivity index (χ3n) is 3.23. The van der Waals surface area contributed by atoms with Crippen molar-refractivity contribution in [1.29, 1.82) is 0 Å². The van der Waals surface area contributed by atoms with Crippen molar-refractivity contribution in [3.63, 3.8) is 0 Å². The van der Waals surface area contributed by atoms with Gasteiger partial charge >= 0.3 is 15.7 Å². The van der Waals surface area contributed by atoms with Crippen molar-refractivity contribution in [2.45, 2.75) is 11.8 Å². The normalized spacial score (nSPS) is 11.6. The molecule has 118 valence electrons. The molecule has 3 rings (SSSR count). The van der Waals surface area contributed by atoms with Crippen LogP contribution in [0.3, 0.4) is 0 Å². The van der Waals surface area contributed by atoms with E-state index in [2.05, 4.69) is 0 Å². The highest BCUT2D eigenvalue weighted by Gasteiger charge is 2.21. The molecule has 0 spiro atoms. The predicted molar refractivity (Wildman–Crippen MR) is 81.4 cm³/mol. The van der Waals surface area contributed by atoms with Crippen molar-refractivity contribution < 1.29 is 21.4 Å². The molecule has 0 saturated carbocycles. The molecule has 0 N–H and O–H groups in total. The molecule has 5 nitrogen and oxygen atoms in total. The maximum Gasteiger partial charge on any atom is 0.342 e. The van der Waals surface area contributed by atoms with Gasteiger partial charge in [-0.05, 0) is 36.8 Å². The van der Waals surface area contributed by atoms with Crippen LogP contribution in [0.1, 0.15) is 5.56 Å². The van der Waals surface area contributed by atoms with Gasteiger partial charge in [-0.25, -0.2) is 9.18 Å². The summed E-state index contributed by atoms with van der Waals surface area (Å²) < 4.78 is 47.9. The van der Waals surface area contributed by atoms with Gasteiger partial charge in [-0.1, -0.05) is 12.1 Å². The first-order valence-electron chi connectivity index (χ1n) is 6.60. The summed E-state index contributed by atoms with van der Waals surface area (Å²) in [6.07, 6.45) is 0. The largest absolute Gasteiger partial charge is 0.423 e. The van der Waals surface area contributed by atoms with Crippen LogP contribution in [0, 0.1) is 12.7 Å². The van der Waals surface area contributed by atoms with Gasteiger partial charge in [-0.3, -0.25) is 0 Å². The summed E-state index contributed by atoms with van der Waals surface area (Å²) in [6.45, 7) is 1.73. The van der Waals surface area contributed by atoms with Gasteiger partial charge in [0.2, 0.25) is 0 Å². The molecule has 0 unspecified atom stereocenters. The minimum Gasteiger partial charge on any atom is -0.423 e. The monoisotopic (exact) mass is 334 g/mol. The van der Waals surface area contributed by atoms with Gasteiger partial charge in [-0.2, -0.15) is 8.42 Å². The third-order valence-corrected chi connectivity index (χ3v) is 4.52. The smallest absolute Gasteiger partial charge is 0.342 e. The summed E-state index contributed by atoms with van der Waals surface area (Å²) in [5.41, 5.74) is 0.333. The predicted octanol–water partition coefficient (Wildman–Crippen LogP) is 3.01. The lowest BCUT2D eigenvalue weighted by Crippen LogP contribution is -2.11. The third kappa shape index (κ3) is 2.95. The first-order chi connectivity index (χ1) is 10.9. The molecule has 7 heteroatoms. The fourth-order valence-electron chi connectivity index (χ4n) is 2.18. The molecule has 3 aromatic rings. The van der Waals surface area contributed by atoms with Crippen molar-refractivity contribution in [3.05, 3.63) is 70.3 Å². The summed E-state index contributed by atoms with van der Waals surface area (Å²) in [6, 6.07) is 10.5. The Morgan fingerprint density at radius 3 is 2.57 bits per heavy atom. The Morgan fingerprint density at radius 1 is 1.09 bits per heavy atom. The molecule has 23 heavy (non-hydrogen) atoms. The van der Waals surface area contributed by atoms with Crippen molar-refractivity contribution >= 4 is 21.1 Å². The SMILES string of the molecule is Cc1cc(=O)oc2cc(OS(=O)(=O)c3ccccc3F)ccc12. The molecule has 0 aliphatic heterocycles. The van der Waals surface area contributed by atoms with Gasteiger partial charge < -0.3 is 8.60 Å². The van der Waals surface area contributed by atoms with Crippen LogP contribution in [0.5, 0.6) is 5.75 Å². The Balaban J connectivity index is 2.05. The molecule has 0 amide bonds. The standard InChI is InChI=1S/C16H11FO5S/c1-10-8-16(18)21-14-9-11(6-7-12(10)14)22-23(19,20)15-5-3-2-4-13(15)17/h2-9H,1H3. The van der Waals surface area contributed by atoms with Crippen LogP contribution in [0.4, 0.5) is 4.39 Å². The Kier molecular flexibility index (Phi) is 3.65. The zero-order valence-corrected chi connectivity index (χ0v) is 12.8. The zero-order chi connectivity index (χ0) is 16.6. The van der Waals surface area contributed by atoms with Crippen LogP contribution in [-0.4, -0.2) is 8.42 Å². The van der Waals surface area contributed by atoms with E-state index in [-0.39, 0.29) is 11.3 Å². The molecule has 0 atom stereocenters. The molecule has 0 aliphatic carbocycles. The highest BCUT2D eigenvalue weighted by molar-refractivity contribution is 7.87. The Labute approximate surface area is 131 Å². The molecule has 1 heterocycles. The van der Waals surface area contributed by atoms with Gasteiger partial charge in [0.05, 0.1) is 0 Å². The highest BCUT2D eigenvalue weighted by atomic mass is 32.2. The molecular formula is C16H11FO5S. The quantitative estimate of drug-likeness (QED) is 0.544. The fraction of sp³-hybridized carbons (Fsp3) is 0.0625. The molecule has 0 aliphatic rings. The molecule has 0 fully saturated rings. The summed E-state index contributed by atoms with van der Waals surface area (Å²) in [5, 5.41) is 0.653. The second-order valence-corrected chi connectivity index (χ2v) is 6.39.